The van der Waals surface area contributed by atoms with Crippen molar-refractivity contribution in [2.45, 2.75) is 38.5 Å². The van der Waals surface area contributed by atoms with Gasteiger partial charge in [-0.1, -0.05) is 35.9 Å². The van der Waals surface area contributed by atoms with Crippen molar-refractivity contribution < 1.29 is 9.53 Å². The van der Waals surface area contributed by atoms with Gasteiger partial charge < -0.3 is 9.64 Å². The van der Waals surface area contributed by atoms with Crippen LogP contribution in [-0.4, -0.2) is 40.5 Å². The van der Waals surface area contributed by atoms with Crippen LogP contribution in [0, 0.1) is 0 Å². The van der Waals surface area contributed by atoms with Gasteiger partial charge in [0, 0.05) is 29.2 Å². The van der Waals surface area contributed by atoms with E-state index in [4.69, 9.17) is 21.4 Å². The number of benzene rings is 1. The molecule has 0 N–H and O–H groups in total. The summed E-state index contributed by atoms with van der Waals surface area (Å²) in [5.74, 6) is 0.320. The van der Waals surface area contributed by atoms with Crippen LogP contribution in [0.5, 0.6) is 0 Å². The zero-order chi connectivity index (χ0) is 20.2. The van der Waals surface area contributed by atoms with Gasteiger partial charge in [0.1, 0.15) is 0 Å². The van der Waals surface area contributed by atoms with Crippen molar-refractivity contribution in [1.29, 1.82) is 0 Å². The van der Waals surface area contributed by atoms with E-state index in [0.717, 1.165) is 42.4 Å². The molecule has 2 heterocycles. The van der Waals surface area contributed by atoms with Crippen LogP contribution in [-0.2, 0) is 4.74 Å². The molecule has 0 radical (unpaired) electrons. The number of nitrogens with zero attached hydrogens (tertiary/aromatic N) is 3. The molecule has 5 nitrogen and oxygen atoms in total. The van der Waals surface area contributed by atoms with Gasteiger partial charge >= 0.3 is 6.09 Å². The fourth-order valence-electron chi connectivity index (χ4n) is 4.04. The summed E-state index contributed by atoms with van der Waals surface area (Å²) in [4.78, 5) is 13.8. The molecule has 1 aromatic heterocycles. The molecular weight excluding hydrogens is 386 g/mol. The number of allylic oxidation sites excluding steroid dienone is 2. The van der Waals surface area contributed by atoms with Gasteiger partial charge in [-0.3, -0.25) is 0 Å². The van der Waals surface area contributed by atoms with E-state index >= 15 is 0 Å². The Bertz CT molecular complexity index is 1020. The monoisotopic (exact) mass is 411 g/mol. The number of rotatable bonds is 3. The highest BCUT2D eigenvalue weighted by molar-refractivity contribution is 6.30. The second-order valence-corrected chi connectivity index (χ2v) is 7.85. The molecule has 1 aromatic carbocycles. The minimum absolute atomic E-state index is 0.212. The van der Waals surface area contributed by atoms with Gasteiger partial charge in [-0.05, 0) is 56.9 Å². The van der Waals surface area contributed by atoms with Crippen molar-refractivity contribution >= 4 is 29.8 Å². The highest BCUT2D eigenvalue weighted by atomic mass is 35.5. The van der Waals surface area contributed by atoms with Crippen LogP contribution in [0.2, 0.25) is 5.02 Å². The SMILES string of the molecule is CCOC(=O)N1CCC(c2nn(-c3ccc(Cl)cc3)c3c2=CC=CCCC=3)CC1. The first-order chi connectivity index (χ1) is 14.2. The molecule has 0 spiro atoms. The second kappa shape index (κ2) is 8.87. The van der Waals surface area contributed by atoms with Crippen molar-refractivity contribution in [1.82, 2.24) is 14.7 Å². The smallest absolute Gasteiger partial charge is 0.409 e. The minimum Gasteiger partial charge on any atom is -0.450 e. The summed E-state index contributed by atoms with van der Waals surface area (Å²) in [5, 5.41) is 8.09. The first-order valence-electron chi connectivity index (χ1n) is 10.3. The van der Waals surface area contributed by atoms with Crippen LogP contribution in [0.3, 0.4) is 0 Å². The lowest BCUT2D eigenvalue weighted by Gasteiger charge is -2.30. The number of hydrogen-bond donors (Lipinski definition) is 0. The maximum atomic E-state index is 12.0. The van der Waals surface area contributed by atoms with Gasteiger partial charge in [0.15, 0.2) is 0 Å². The second-order valence-electron chi connectivity index (χ2n) is 7.41. The molecule has 29 heavy (non-hydrogen) atoms. The number of ether oxygens (including phenoxy) is 1. The zero-order valence-electron chi connectivity index (χ0n) is 16.7. The average Bonchev–Trinajstić information content (AvgIpc) is 3.06. The molecule has 6 heteroatoms. The molecule has 1 amide bonds. The molecule has 2 aliphatic rings. The average molecular weight is 412 g/mol. The Kier molecular flexibility index (Phi) is 6.05. The van der Waals surface area contributed by atoms with Gasteiger partial charge in [0.2, 0.25) is 0 Å². The number of hydrogen-bond acceptors (Lipinski definition) is 3. The van der Waals surface area contributed by atoms with Crippen LogP contribution in [0.25, 0.3) is 17.8 Å². The number of piperidine rings is 1. The van der Waals surface area contributed by atoms with E-state index in [1.165, 1.54) is 5.22 Å². The number of carbonyl (C=O) groups excluding carboxylic acids is 1. The Morgan fingerprint density at radius 3 is 2.69 bits per heavy atom. The van der Waals surface area contributed by atoms with Crippen molar-refractivity contribution in [3.8, 4) is 5.69 Å². The molecule has 0 bridgehead atoms. The van der Waals surface area contributed by atoms with Crippen LogP contribution in [0.1, 0.15) is 44.2 Å². The Morgan fingerprint density at radius 1 is 1.21 bits per heavy atom. The third-order valence-corrected chi connectivity index (χ3v) is 5.79. The number of halogens is 1. The fourth-order valence-corrected chi connectivity index (χ4v) is 4.16. The largest absolute Gasteiger partial charge is 0.450 e. The first kappa shape index (κ1) is 19.8. The molecule has 1 aliphatic carbocycles. The predicted octanol–water partition coefficient (Wildman–Crippen LogP) is 3.77. The summed E-state index contributed by atoms with van der Waals surface area (Å²) in [6, 6.07) is 7.81. The fraction of sp³-hybridized carbons (Fsp3) is 0.391. The Hall–Kier alpha value is -2.53. The maximum absolute atomic E-state index is 12.0. The summed E-state index contributed by atoms with van der Waals surface area (Å²) in [6.45, 7) is 3.65. The van der Waals surface area contributed by atoms with E-state index in [1.54, 1.807) is 4.90 Å². The van der Waals surface area contributed by atoms with E-state index in [9.17, 15) is 4.79 Å². The summed E-state index contributed by atoms with van der Waals surface area (Å²) in [5.41, 5.74) is 2.12. The zero-order valence-corrected chi connectivity index (χ0v) is 17.4. The molecule has 1 fully saturated rings. The summed E-state index contributed by atoms with van der Waals surface area (Å²) >= 11 is 6.08. The lowest BCUT2D eigenvalue weighted by molar-refractivity contribution is 0.0968. The van der Waals surface area contributed by atoms with Crippen LogP contribution < -0.4 is 10.6 Å². The van der Waals surface area contributed by atoms with Crippen LogP contribution >= 0.6 is 11.6 Å². The minimum atomic E-state index is -0.212. The topological polar surface area (TPSA) is 47.4 Å². The first-order valence-corrected chi connectivity index (χ1v) is 10.7. The van der Waals surface area contributed by atoms with Gasteiger partial charge in [-0.15, -0.1) is 0 Å². The molecule has 1 saturated heterocycles. The summed E-state index contributed by atoms with van der Waals surface area (Å²) in [7, 11) is 0. The lowest BCUT2D eigenvalue weighted by Crippen LogP contribution is -2.39. The van der Waals surface area contributed by atoms with Gasteiger partial charge in [-0.25, -0.2) is 9.48 Å². The molecule has 1 aliphatic heterocycles. The highest BCUT2D eigenvalue weighted by Crippen LogP contribution is 2.25. The number of carbonyl (C=O) groups is 1. The van der Waals surface area contributed by atoms with E-state index in [1.807, 2.05) is 35.9 Å². The van der Waals surface area contributed by atoms with Crippen molar-refractivity contribution in [2.75, 3.05) is 19.7 Å². The summed E-state index contributed by atoms with van der Waals surface area (Å²) < 4.78 is 7.19. The molecule has 152 valence electrons. The van der Waals surface area contributed by atoms with Crippen molar-refractivity contribution in [3.05, 3.63) is 57.7 Å². The normalized spacial score (nSPS) is 17.0. The van der Waals surface area contributed by atoms with Crippen LogP contribution in [0.4, 0.5) is 4.79 Å². The number of likely N-dealkylation sites (tertiary alicyclic amines) is 1. The lowest BCUT2D eigenvalue weighted by atomic mass is 9.92. The van der Waals surface area contributed by atoms with Gasteiger partial charge in [0.25, 0.3) is 0 Å². The van der Waals surface area contributed by atoms with Gasteiger partial charge in [-0.2, -0.15) is 5.10 Å². The van der Waals surface area contributed by atoms with E-state index in [0.29, 0.717) is 30.6 Å². The van der Waals surface area contributed by atoms with E-state index in [2.05, 4.69) is 24.3 Å². The predicted molar refractivity (Wildman–Crippen MR) is 116 cm³/mol. The molecular formula is C23H26ClN3O2. The number of fused-ring (bicyclic) bond motifs is 1. The summed E-state index contributed by atoms with van der Waals surface area (Å²) in [6.07, 6.45) is 12.4. The third-order valence-electron chi connectivity index (χ3n) is 5.54. The molecule has 0 unspecified atom stereocenters. The molecule has 0 saturated carbocycles. The van der Waals surface area contributed by atoms with Crippen molar-refractivity contribution in [3.63, 3.8) is 0 Å². The van der Waals surface area contributed by atoms with E-state index in [-0.39, 0.29) is 6.09 Å². The molecule has 4 rings (SSSR count). The maximum Gasteiger partial charge on any atom is 0.409 e. The molecule has 2 aromatic rings. The number of aromatic nitrogens is 2. The third kappa shape index (κ3) is 4.25. The highest BCUT2D eigenvalue weighted by Gasteiger charge is 2.27. The molecule has 0 atom stereocenters. The Labute approximate surface area is 175 Å². The standard InChI is InChI=1S/C23H26ClN3O2/c1-2-29-23(28)26-15-13-17(14-16-26)22-20-7-5-3-4-6-8-21(20)27(25-22)19-11-9-18(24)10-12-19/h3,5,7-12,17H,2,4,6,13-16H2,1H3. The van der Waals surface area contributed by atoms with Crippen LogP contribution in [0.15, 0.2) is 36.4 Å². The number of amides is 1. The Morgan fingerprint density at radius 2 is 1.97 bits per heavy atom. The quantitative estimate of drug-likeness (QED) is 0.772. The van der Waals surface area contributed by atoms with E-state index < -0.39 is 0 Å². The Balaban J connectivity index is 1.70. The van der Waals surface area contributed by atoms with Gasteiger partial charge in [0.05, 0.1) is 23.3 Å². The van der Waals surface area contributed by atoms with Crippen molar-refractivity contribution in [2.24, 2.45) is 0 Å².